The van der Waals surface area contributed by atoms with E-state index in [1.54, 1.807) is 37.2 Å². The first kappa shape index (κ1) is 13.4. The summed E-state index contributed by atoms with van der Waals surface area (Å²) in [7, 11) is 3.47. The minimum absolute atomic E-state index is 0.0161. The van der Waals surface area contributed by atoms with Gasteiger partial charge in [0, 0.05) is 26.2 Å². The Morgan fingerprint density at radius 1 is 1.41 bits per heavy atom. The van der Waals surface area contributed by atoms with Crippen LogP contribution in [0.1, 0.15) is 24.2 Å². The van der Waals surface area contributed by atoms with Gasteiger partial charge in [-0.25, -0.2) is 0 Å². The summed E-state index contributed by atoms with van der Waals surface area (Å²) in [6.07, 6.45) is 0. The van der Waals surface area contributed by atoms with Gasteiger partial charge in [0.1, 0.15) is 0 Å². The van der Waals surface area contributed by atoms with Gasteiger partial charge < -0.3 is 16.0 Å². The number of amides is 1. The normalized spacial score (nSPS) is 10.4. The Morgan fingerprint density at radius 2 is 2.06 bits per heavy atom. The number of nitrogens with one attached hydrogen (secondary N) is 1. The van der Waals surface area contributed by atoms with E-state index in [2.05, 4.69) is 19.2 Å². The van der Waals surface area contributed by atoms with E-state index in [-0.39, 0.29) is 5.91 Å². The van der Waals surface area contributed by atoms with E-state index in [0.29, 0.717) is 17.2 Å². The van der Waals surface area contributed by atoms with Gasteiger partial charge in [0.05, 0.1) is 11.4 Å². The second kappa shape index (κ2) is 5.57. The number of nitrogens with zero attached hydrogens (tertiary/aromatic N) is 1. The second-order valence-corrected chi connectivity index (χ2v) is 4.78. The zero-order chi connectivity index (χ0) is 13.0. The maximum absolute atomic E-state index is 11.8. The zero-order valence-corrected chi connectivity index (χ0v) is 10.9. The van der Waals surface area contributed by atoms with Crippen molar-refractivity contribution >= 4 is 17.3 Å². The molecule has 94 valence electrons. The molecule has 0 spiro atoms. The molecule has 3 N–H and O–H groups in total. The number of carbonyl (C=O) groups is 1. The van der Waals surface area contributed by atoms with E-state index in [1.807, 2.05) is 0 Å². The molecule has 0 aliphatic carbocycles. The molecule has 0 aliphatic rings. The molecule has 1 aromatic carbocycles. The number of nitrogens with two attached hydrogens (primary N) is 1. The van der Waals surface area contributed by atoms with Crippen LogP contribution in [0.25, 0.3) is 0 Å². The minimum Gasteiger partial charge on any atom is -0.397 e. The third-order valence-corrected chi connectivity index (χ3v) is 2.41. The molecule has 0 atom stereocenters. The topological polar surface area (TPSA) is 58.4 Å². The van der Waals surface area contributed by atoms with Crippen molar-refractivity contribution in [2.45, 2.75) is 13.8 Å². The van der Waals surface area contributed by atoms with Crippen LogP contribution in [0.3, 0.4) is 0 Å². The van der Waals surface area contributed by atoms with Crippen LogP contribution in [0.2, 0.25) is 0 Å². The highest BCUT2D eigenvalue weighted by molar-refractivity contribution is 5.95. The first-order valence-corrected chi connectivity index (χ1v) is 5.77. The smallest absolute Gasteiger partial charge is 0.253 e. The van der Waals surface area contributed by atoms with Gasteiger partial charge in [0.2, 0.25) is 0 Å². The van der Waals surface area contributed by atoms with Crippen molar-refractivity contribution < 1.29 is 4.79 Å². The van der Waals surface area contributed by atoms with E-state index in [4.69, 9.17) is 5.73 Å². The SMILES string of the molecule is CC(C)CNc1cc(C(=O)N(C)C)ccc1N. The summed E-state index contributed by atoms with van der Waals surface area (Å²) < 4.78 is 0. The van der Waals surface area contributed by atoms with Crippen LogP contribution in [0.4, 0.5) is 11.4 Å². The Kier molecular flexibility index (Phi) is 4.37. The molecule has 0 aliphatic heterocycles. The Hall–Kier alpha value is -1.71. The number of rotatable bonds is 4. The molecule has 0 heterocycles. The van der Waals surface area contributed by atoms with Crippen LogP contribution >= 0.6 is 0 Å². The highest BCUT2D eigenvalue weighted by Crippen LogP contribution is 2.21. The summed E-state index contributed by atoms with van der Waals surface area (Å²) in [5.74, 6) is 0.514. The second-order valence-electron chi connectivity index (χ2n) is 4.78. The summed E-state index contributed by atoms with van der Waals surface area (Å²) in [5, 5.41) is 3.25. The van der Waals surface area contributed by atoms with E-state index >= 15 is 0 Å². The highest BCUT2D eigenvalue weighted by atomic mass is 16.2. The average molecular weight is 235 g/mol. The van der Waals surface area contributed by atoms with Gasteiger partial charge in [0.25, 0.3) is 5.91 Å². The molecule has 4 heteroatoms. The number of nitrogen functional groups attached to an aromatic ring is 1. The van der Waals surface area contributed by atoms with Gasteiger partial charge in [0.15, 0.2) is 0 Å². The molecular formula is C13H21N3O. The van der Waals surface area contributed by atoms with E-state index in [0.717, 1.165) is 12.2 Å². The lowest BCUT2D eigenvalue weighted by atomic mass is 10.1. The van der Waals surface area contributed by atoms with Crippen molar-refractivity contribution in [1.29, 1.82) is 0 Å². The predicted octanol–water partition coefficient (Wildman–Crippen LogP) is 2.04. The predicted molar refractivity (Wildman–Crippen MR) is 72.2 cm³/mol. The molecule has 1 amide bonds. The fourth-order valence-electron chi connectivity index (χ4n) is 1.41. The number of carbonyl (C=O) groups excluding carboxylic acids is 1. The summed E-state index contributed by atoms with van der Waals surface area (Å²) in [5.41, 5.74) is 8.01. The molecule has 0 unspecified atom stereocenters. The van der Waals surface area contributed by atoms with Gasteiger partial charge in [-0.3, -0.25) is 4.79 Å². The number of benzene rings is 1. The highest BCUT2D eigenvalue weighted by Gasteiger charge is 2.10. The van der Waals surface area contributed by atoms with Crippen LogP contribution in [0, 0.1) is 5.92 Å². The molecule has 1 rings (SSSR count). The first-order valence-electron chi connectivity index (χ1n) is 5.77. The molecule has 4 nitrogen and oxygen atoms in total. The summed E-state index contributed by atoms with van der Waals surface area (Å²) in [6.45, 7) is 5.08. The molecule has 0 aromatic heterocycles. The third kappa shape index (κ3) is 3.66. The van der Waals surface area contributed by atoms with Gasteiger partial charge in [-0.2, -0.15) is 0 Å². The molecule has 0 bridgehead atoms. The largest absolute Gasteiger partial charge is 0.397 e. The Morgan fingerprint density at radius 3 is 2.59 bits per heavy atom. The van der Waals surface area contributed by atoms with Gasteiger partial charge in [-0.05, 0) is 24.1 Å². The van der Waals surface area contributed by atoms with Crippen molar-refractivity contribution in [2.75, 3.05) is 31.7 Å². The summed E-state index contributed by atoms with van der Waals surface area (Å²) in [6, 6.07) is 5.32. The lowest BCUT2D eigenvalue weighted by Gasteiger charge is -2.14. The number of anilines is 2. The van der Waals surface area contributed by atoms with Crippen molar-refractivity contribution in [1.82, 2.24) is 4.90 Å². The van der Waals surface area contributed by atoms with Crippen molar-refractivity contribution in [2.24, 2.45) is 5.92 Å². The lowest BCUT2D eigenvalue weighted by molar-refractivity contribution is 0.0827. The summed E-state index contributed by atoms with van der Waals surface area (Å²) in [4.78, 5) is 13.4. The van der Waals surface area contributed by atoms with Gasteiger partial charge in [-0.1, -0.05) is 13.8 Å². The molecular weight excluding hydrogens is 214 g/mol. The molecule has 0 fully saturated rings. The van der Waals surface area contributed by atoms with Crippen molar-refractivity contribution in [3.63, 3.8) is 0 Å². The standard InChI is InChI=1S/C13H21N3O/c1-9(2)8-15-12-7-10(5-6-11(12)14)13(17)16(3)4/h5-7,9,15H,8,14H2,1-4H3. The van der Waals surface area contributed by atoms with Crippen LogP contribution in [0.15, 0.2) is 18.2 Å². The average Bonchev–Trinajstić information content (AvgIpc) is 2.26. The van der Waals surface area contributed by atoms with E-state index in [9.17, 15) is 4.79 Å². The summed E-state index contributed by atoms with van der Waals surface area (Å²) >= 11 is 0. The molecule has 0 saturated heterocycles. The van der Waals surface area contributed by atoms with Crippen molar-refractivity contribution in [3.8, 4) is 0 Å². The fraction of sp³-hybridized carbons (Fsp3) is 0.462. The van der Waals surface area contributed by atoms with Crippen LogP contribution < -0.4 is 11.1 Å². The quantitative estimate of drug-likeness (QED) is 0.785. The fourth-order valence-corrected chi connectivity index (χ4v) is 1.41. The minimum atomic E-state index is -0.0161. The van der Waals surface area contributed by atoms with Crippen molar-refractivity contribution in [3.05, 3.63) is 23.8 Å². The Labute approximate surface area is 103 Å². The van der Waals surface area contributed by atoms with Crippen LogP contribution in [-0.4, -0.2) is 31.4 Å². The van der Waals surface area contributed by atoms with Crippen LogP contribution in [-0.2, 0) is 0 Å². The monoisotopic (exact) mass is 235 g/mol. The third-order valence-electron chi connectivity index (χ3n) is 2.41. The maximum atomic E-state index is 11.8. The van der Waals surface area contributed by atoms with E-state index < -0.39 is 0 Å². The Bertz CT molecular complexity index is 400. The van der Waals surface area contributed by atoms with Gasteiger partial charge >= 0.3 is 0 Å². The Balaban J connectivity index is 2.90. The molecule has 17 heavy (non-hydrogen) atoms. The number of hydrogen-bond donors (Lipinski definition) is 2. The van der Waals surface area contributed by atoms with Crippen LogP contribution in [0.5, 0.6) is 0 Å². The van der Waals surface area contributed by atoms with Gasteiger partial charge in [-0.15, -0.1) is 0 Å². The maximum Gasteiger partial charge on any atom is 0.253 e. The molecule has 0 saturated carbocycles. The van der Waals surface area contributed by atoms with E-state index in [1.165, 1.54) is 0 Å². The molecule has 0 radical (unpaired) electrons. The number of hydrogen-bond acceptors (Lipinski definition) is 3. The first-order chi connectivity index (χ1) is 7.91. The lowest BCUT2D eigenvalue weighted by Crippen LogP contribution is -2.22. The zero-order valence-electron chi connectivity index (χ0n) is 10.9. The molecule has 1 aromatic rings.